The molecule has 1 fully saturated rings. The Labute approximate surface area is 185 Å². The summed E-state index contributed by atoms with van der Waals surface area (Å²) in [4.78, 5) is 43.9. The smallest absolute Gasteiger partial charge is 0.306 e. The predicted octanol–water partition coefficient (Wildman–Crippen LogP) is 3.63. The molecule has 0 radical (unpaired) electrons. The Hall–Kier alpha value is -2.93. The van der Waals surface area contributed by atoms with Crippen molar-refractivity contribution in [2.24, 2.45) is 11.8 Å². The van der Waals surface area contributed by atoms with Gasteiger partial charge in [-0.3, -0.25) is 19.4 Å². The van der Waals surface area contributed by atoms with E-state index < -0.39 is 12.0 Å². The fraction of sp³-hybridized carbons (Fsp3) is 0.391. The molecule has 1 aromatic heterocycles. The third-order valence-electron chi connectivity index (χ3n) is 6.19. The second-order valence-electron chi connectivity index (χ2n) is 8.23. The van der Waals surface area contributed by atoms with Crippen LogP contribution in [0.25, 0.3) is 0 Å². The second-order valence-corrected chi connectivity index (χ2v) is 8.67. The molecule has 2 aliphatic rings. The van der Waals surface area contributed by atoms with Crippen LogP contribution in [0.3, 0.4) is 0 Å². The molecule has 1 aliphatic heterocycles. The van der Waals surface area contributed by atoms with Crippen LogP contribution in [0, 0.1) is 11.8 Å². The van der Waals surface area contributed by atoms with E-state index in [1.807, 2.05) is 12.1 Å². The first-order valence-corrected chi connectivity index (χ1v) is 10.8. The highest BCUT2D eigenvalue weighted by Gasteiger charge is 2.38. The van der Waals surface area contributed by atoms with Crippen molar-refractivity contribution >= 4 is 35.1 Å². The van der Waals surface area contributed by atoms with Crippen LogP contribution in [-0.2, 0) is 16.0 Å². The SMILES string of the molecule is O=C1Nc2cc(Cl)ccc2C(=O)N(C[C@H]2CC[C@H](C(=O)O)CC2)[C@@H]1Cc1ccccn1. The summed E-state index contributed by atoms with van der Waals surface area (Å²) in [5, 5.41) is 12.6. The topological polar surface area (TPSA) is 99.6 Å². The Morgan fingerprint density at radius 3 is 2.61 bits per heavy atom. The van der Waals surface area contributed by atoms with Gasteiger partial charge >= 0.3 is 5.97 Å². The van der Waals surface area contributed by atoms with E-state index in [0.717, 1.165) is 5.69 Å². The molecule has 0 spiro atoms. The minimum Gasteiger partial charge on any atom is -0.481 e. The number of nitrogens with zero attached hydrogens (tertiary/aromatic N) is 2. The Morgan fingerprint density at radius 2 is 1.94 bits per heavy atom. The van der Waals surface area contributed by atoms with Crippen molar-refractivity contribution in [3.05, 3.63) is 58.9 Å². The van der Waals surface area contributed by atoms with Gasteiger partial charge in [-0.25, -0.2) is 0 Å². The fourth-order valence-electron chi connectivity index (χ4n) is 4.46. The summed E-state index contributed by atoms with van der Waals surface area (Å²) in [6.07, 6.45) is 4.57. The molecule has 162 valence electrons. The lowest BCUT2D eigenvalue weighted by atomic mass is 9.81. The van der Waals surface area contributed by atoms with Crippen LogP contribution >= 0.6 is 11.6 Å². The van der Waals surface area contributed by atoms with Crippen LogP contribution in [0.2, 0.25) is 5.02 Å². The van der Waals surface area contributed by atoms with E-state index >= 15 is 0 Å². The maximum absolute atomic E-state index is 13.5. The summed E-state index contributed by atoms with van der Waals surface area (Å²) >= 11 is 6.09. The number of carboxylic acid groups (broad SMARTS) is 1. The van der Waals surface area contributed by atoms with Crippen molar-refractivity contribution in [1.82, 2.24) is 9.88 Å². The first-order valence-electron chi connectivity index (χ1n) is 10.5. The maximum atomic E-state index is 13.5. The molecule has 1 aliphatic carbocycles. The zero-order chi connectivity index (χ0) is 22.0. The highest BCUT2D eigenvalue weighted by atomic mass is 35.5. The molecular weight excluding hydrogens is 418 g/mol. The summed E-state index contributed by atoms with van der Waals surface area (Å²) in [7, 11) is 0. The largest absolute Gasteiger partial charge is 0.481 e. The molecule has 2 amide bonds. The van der Waals surface area contributed by atoms with Crippen molar-refractivity contribution < 1.29 is 19.5 Å². The number of carboxylic acids is 1. The van der Waals surface area contributed by atoms with E-state index in [1.165, 1.54) is 0 Å². The summed E-state index contributed by atoms with van der Waals surface area (Å²) in [6.45, 7) is 0.401. The molecule has 2 aromatic rings. The molecule has 0 unspecified atom stereocenters. The van der Waals surface area contributed by atoms with Gasteiger partial charge in [0.1, 0.15) is 6.04 Å². The van der Waals surface area contributed by atoms with E-state index in [0.29, 0.717) is 54.9 Å². The van der Waals surface area contributed by atoms with Crippen LogP contribution in [0.4, 0.5) is 5.69 Å². The monoisotopic (exact) mass is 441 g/mol. The highest BCUT2D eigenvalue weighted by Crippen LogP contribution is 2.33. The summed E-state index contributed by atoms with van der Waals surface area (Å²) in [5.74, 6) is -1.45. The molecule has 4 rings (SSSR count). The molecule has 31 heavy (non-hydrogen) atoms. The van der Waals surface area contributed by atoms with Crippen LogP contribution < -0.4 is 5.32 Å². The number of benzene rings is 1. The molecule has 0 saturated heterocycles. The number of aliphatic carboxylic acids is 1. The van der Waals surface area contributed by atoms with Gasteiger partial charge in [-0.1, -0.05) is 17.7 Å². The number of hydrogen-bond donors (Lipinski definition) is 2. The number of fused-ring (bicyclic) bond motifs is 1. The lowest BCUT2D eigenvalue weighted by Gasteiger charge is -2.34. The van der Waals surface area contributed by atoms with Crippen molar-refractivity contribution in [1.29, 1.82) is 0 Å². The number of nitrogens with one attached hydrogen (secondary N) is 1. The van der Waals surface area contributed by atoms with Gasteiger partial charge in [0, 0.05) is 29.9 Å². The third kappa shape index (κ3) is 4.71. The minimum atomic E-state index is -0.762. The average molecular weight is 442 g/mol. The van der Waals surface area contributed by atoms with Gasteiger partial charge in [-0.15, -0.1) is 0 Å². The van der Waals surface area contributed by atoms with Crippen LogP contribution in [0.15, 0.2) is 42.6 Å². The summed E-state index contributed by atoms with van der Waals surface area (Å²) < 4.78 is 0. The van der Waals surface area contributed by atoms with Gasteiger partial charge < -0.3 is 15.3 Å². The van der Waals surface area contributed by atoms with E-state index in [9.17, 15) is 19.5 Å². The Kier molecular flexibility index (Phi) is 6.23. The molecule has 1 saturated carbocycles. The molecule has 8 heteroatoms. The fourth-order valence-corrected chi connectivity index (χ4v) is 4.63. The quantitative estimate of drug-likeness (QED) is 0.738. The number of pyridine rings is 1. The molecule has 7 nitrogen and oxygen atoms in total. The first-order chi connectivity index (χ1) is 14.9. The van der Waals surface area contributed by atoms with Crippen molar-refractivity contribution in [2.75, 3.05) is 11.9 Å². The molecule has 2 N–H and O–H groups in total. The zero-order valence-electron chi connectivity index (χ0n) is 17.0. The molecule has 1 atom stereocenters. The van der Waals surface area contributed by atoms with Crippen molar-refractivity contribution in [2.45, 2.75) is 38.1 Å². The van der Waals surface area contributed by atoms with Gasteiger partial charge in [0.05, 0.1) is 17.2 Å². The van der Waals surface area contributed by atoms with Gasteiger partial charge in [-0.2, -0.15) is 0 Å². The molecular formula is C23H24ClN3O4. The molecule has 0 bridgehead atoms. The van der Waals surface area contributed by atoms with E-state index in [-0.39, 0.29) is 23.7 Å². The highest BCUT2D eigenvalue weighted by molar-refractivity contribution is 6.31. The number of rotatable bonds is 5. The number of anilines is 1. The number of halogens is 1. The third-order valence-corrected chi connectivity index (χ3v) is 6.42. The Bertz CT molecular complexity index is 990. The normalized spacial score (nSPS) is 23.6. The van der Waals surface area contributed by atoms with Crippen molar-refractivity contribution in [3.8, 4) is 0 Å². The number of carbonyl (C=O) groups is 3. The van der Waals surface area contributed by atoms with E-state index in [4.69, 9.17) is 11.6 Å². The number of carbonyl (C=O) groups excluding carboxylic acids is 2. The minimum absolute atomic E-state index is 0.146. The van der Waals surface area contributed by atoms with Crippen molar-refractivity contribution in [3.63, 3.8) is 0 Å². The number of hydrogen-bond acceptors (Lipinski definition) is 4. The standard InChI is InChI=1S/C23H24ClN3O4/c24-16-8-9-18-19(11-16)26-21(28)20(12-17-3-1-2-10-25-17)27(22(18)29)13-14-4-6-15(7-5-14)23(30)31/h1-3,8-11,14-15,20H,4-7,12-13H2,(H,26,28)(H,30,31)/t14-,15-,20-/m1/s1. The van der Waals surface area contributed by atoms with Crippen LogP contribution in [0.1, 0.15) is 41.7 Å². The van der Waals surface area contributed by atoms with Gasteiger partial charge in [-0.05, 0) is 61.9 Å². The summed E-state index contributed by atoms with van der Waals surface area (Å²) in [5.41, 5.74) is 1.53. The lowest BCUT2D eigenvalue weighted by Crippen LogP contribution is -2.49. The maximum Gasteiger partial charge on any atom is 0.306 e. The summed E-state index contributed by atoms with van der Waals surface area (Å²) in [6, 6.07) is 9.64. The first kappa shape index (κ1) is 21.3. The Morgan fingerprint density at radius 1 is 1.16 bits per heavy atom. The Balaban J connectivity index is 1.62. The van der Waals surface area contributed by atoms with Gasteiger partial charge in [0.15, 0.2) is 0 Å². The second kappa shape index (κ2) is 9.06. The lowest BCUT2D eigenvalue weighted by molar-refractivity contribution is -0.143. The predicted molar refractivity (Wildman–Crippen MR) is 116 cm³/mol. The van der Waals surface area contributed by atoms with Gasteiger partial charge in [0.25, 0.3) is 5.91 Å². The van der Waals surface area contributed by atoms with Crippen LogP contribution in [-0.4, -0.2) is 45.4 Å². The van der Waals surface area contributed by atoms with Crippen LogP contribution in [0.5, 0.6) is 0 Å². The number of aromatic nitrogens is 1. The molecule has 2 heterocycles. The van der Waals surface area contributed by atoms with E-state index in [2.05, 4.69) is 10.3 Å². The van der Waals surface area contributed by atoms with E-state index in [1.54, 1.807) is 35.4 Å². The number of amides is 2. The average Bonchev–Trinajstić information content (AvgIpc) is 2.85. The zero-order valence-corrected chi connectivity index (χ0v) is 17.7. The molecule has 1 aromatic carbocycles. The van der Waals surface area contributed by atoms with Gasteiger partial charge in [0.2, 0.25) is 5.91 Å².